The fourth-order valence-corrected chi connectivity index (χ4v) is 6.99. The smallest absolute Gasteiger partial charge is 0.475 e. The van der Waals surface area contributed by atoms with Gasteiger partial charge in [0.05, 0.1) is 38.2 Å². The number of nitrogens with two attached hydrogens (primary N) is 1. The largest absolute Gasteiger partial charge is 0.490 e. The van der Waals surface area contributed by atoms with Gasteiger partial charge in [0.2, 0.25) is 10.0 Å². The average Bonchev–Trinajstić information content (AvgIpc) is 3.56. The summed E-state index contributed by atoms with van der Waals surface area (Å²) in [5.41, 5.74) is 5.58. The van der Waals surface area contributed by atoms with E-state index in [0.29, 0.717) is 36.3 Å². The highest BCUT2D eigenvalue weighted by atomic mass is 32.2. The van der Waals surface area contributed by atoms with Crippen LogP contribution in [0.4, 0.5) is 19.0 Å². The third-order valence-electron chi connectivity index (χ3n) is 6.50. The predicted molar refractivity (Wildman–Crippen MR) is 136 cm³/mol. The summed E-state index contributed by atoms with van der Waals surface area (Å²) >= 11 is 1.37. The molecule has 0 spiro atoms. The first kappa shape index (κ1) is 24.4. The molecule has 2 bridgehead atoms. The third kappa shape index (κ3) is 5.72. The van der Waals surface area contributed by atoms with Crippen molar-refractivity contribution in [1.82, 2.24) is 19.7 Å². The topological polar surface area (TPSA) is 172 Å². The number of hydrogen-bond donors (Lipinski definition) is 3. The standard InChI is InChI=1S/C22H22N6O2S2.C2HF3O2/c1-13-3-4-15(32(29,30)28-22-6-5-21(10-22,11-22)12-23)7-16(13)17-8-26-20(24)19(27-17)18-9-25-14(2)31-18;3-2(4,5)1(6)7/h3-4,7-9,28H,5-6,10-11H2,1-2H3,(H2,24,26);(H,6,7)/i1D3;. The number of alkyl halides is 3. The van der Waals surface area contributed by atoms with E-state index in [1.807, 2.05) is 6.92 Å². The van der Waals surface area contributed by atoms with Crippen molar-refractivity contribution in [2.75, 3.05) is 5.73 Å². The molecule has 6 rings (SSSR count). The van der Waals surface area contributed by atoms with E-state index in [1.165, 1.54) is 35.7 Å². The molecule has 3 aliphatic carbocycles. The number of carboxylic acids is 1. The van der Waals surface area contributed by atoms with Crippen LogP contribution in [0.2, 0.25) is 0 Å². The second kappa shape index (κ2) is 9.85. The SMILES string of the molecule is O=C(O)C(F)(F)F.[2H]C([2H])([2H])c1ccc(S(=O)(=O)NC23CCC(C#N)(C2)C3)cc1-c1cnc(N)c(-c2cnc(C)s2)n1. The summed E-state index contributed by atoms with van der Waals surface area (Å²) in [7, 11) is -3.98. The monoisotopic (exact) mass is 583 g/mol. The van der Waals surface area contributed by atoms with E-state index in [2.05, 4.69) is 25.7 Å². The number of halogens is 3. The van der Waals surface area contributed by atoms with Crippen LogP contribution in [0.15, 0.2) is 35.5 Å². The fourth-order valence-electron chi connectivity index (χ4n) is 4.76. The molecule has 1 aromatic carbocycles. The van der Waals surface area contributed by atoms with E-state index in [1.54, 1.807) is 6.20 Å². The Labute approximate surface area is 230 Å². The lowest BCUT2D eigenvalue weighted by molar-refractivity contribution is -0.192. The highest BCUT2D eigenvalue weighted by molar-refractivity contribution is 7.89. The Kier molecular flexibility index (Phi) is 6.17. The molecule has 15 heteroatoms. The minimum atomic E-state index is -5.08. The highest BCUT2D eigenvalue weighted by Crippen LogP contribution is 2.61. The van der Waals surface area contributed by atoms with Crippen molar-refractivity contribution in [3.05, 3.63) is 41.2 Å². The number of carbonyl (C=O) groups is 1. The zero-order chi connectivity index (χ0) is 31.3. The van der Waals surface area contributed by atoms with E-state index in [0.717, 1.165) is 5.01 Å². The van der Waals surface area contributed by atoms with Gasteiger partial charge in [-0.05, 0) is 57.2 Å². The fraction of sp³-hybridized carbons (Fsp3) is 0.375. The number of carboxylic acid groups (broad SMARTS) is 1. The number of hydrogen-bond acceptors (Lipinski definition) is 9. The third-order valence-corrected chi connectivity index (χ3v) is 8.99. The van der Waals surface area contributed by atoms with Gasteiger partial charge in [-0.25, -0.2) is 32.9 Å². The summed E-state index contributed by atoms with van der Waals surface area (Å²) in [5, 5.41) is 17.3. The van der Waals surface area contributed by atoms with Crippen LogP contribution in [-0.2, 0) is 14.8 Å². The van der Waals surface area contributed by atoms with E-state index in [9.17, 15) is 26.9 Å². The molecule has 4 N–H and O–H groups in total. The minimum absolute atomic E-state index is 0.0480. The Bertz CT molecular complexity index is 1700. The molecule has 0 aliphatic heterocycles. The maximum absolute atomic E-state index is 13.3. The first-order chi connectivity index (χ1) is 19.3. The molecule has 10 nitrogen and oxygen atoms in total. The number of thiazole rings is 1. The second-order valence-electron chi connectivity index (χ2n) is 9.37. The molecule has 0 unspecified atom stereocenters. The zero-order valence-electron chi connectivity index (χ0n) is 23.2. The molecule has 3 fully saturated rings. The molecular formula is C24H23F3N6O4S2. The van der Waals surface area contributed by atoms with Crippen molar-refractivity contribution in [3.8, 4) is 27.9 Å². The number of aliphatic carboxylic acids is 1. The van der Waals surface area contributed by atoms with Gasteiger partial charge in [-0.3, -0.25) is 0 Å². The lowest BCUT2D eigenvalue weighted by Gasteiger charge is -2.43. The Hall–Kier alpha value is -3.61. The summed E-state index contributed by atoms with van der Waals surface area (Å²) in [6.45, 7) is -0.678. The van der Waals surface area contributed by atoms with Gasteiger partial charge < -0.3 is 10.8 Å². The van der Waals surface area contributed by atoms with Gasteiger partial charge in [0.15, 0.2) is 5.82 Å². The molecular weight excluding hydrogens is 557 g/mol. The quantitative estimate of drug-likeness (QED) is 0.398. The molecule has 39 heavy (non-hydrogen) atoms. The van der Waals surface area contributed by atoms with E-state index in [-0.39, 0.29) is 27.5 Å². The van der Waals surface area contributed by atoms with E-state index < -0.39 is 40.0 Å². The number of nitrogen functional groups attached to an aromatic ring is 1. The summed E-state index contributed by atoms with van der Waals surface area (Å²) in [6, 6.07) is 6.20. The summed E-state index contributed by atoms with van der Waals surface area (Å²) in [5.74, 6) is -2.60. The average molecular weight is 584 g/mol. The first-order valence-electron chi connectivity index (χ1n) is 12.8. The normalized spacial score (nSPS) is 23.3. The molecule has 0 saturated heterocycles. The van der Waals surface area contributed by atoms with Crippen LogP contribution in [0.1, 0.15) is 40.4 Å². The van der Waals surface area contributed by atoms with Crippen LogP contribution in [-0.4, -0.2) is 46.2 Å². The predicted octanol–water partition coefficient (Wildman–Crippen LogP) is 4.21. The van der Waals surface area contributed by atoms with Crippen molar-refractivity contribution >= 4 is 33.1 Å². The Morgan fingerprint density at radius 1 is 1.28 bits per heavy atom. The summed E-state index contributed by atoms with van der Waals surface area (Å²) in [6.07, 6.45) is 0.0929. The molecule has 3 aromatic rings. The molecule has 2 aromatic heterocycles. The van der Waals surface area contributed by atoms with Gasteiger partial charge in [0, 0.05) is 21.4 Å². The maximum Gasteiger partial charge on any atom is 0.490 e. The van der Waals surface area contributed by atoms with Gasteiger partial charge in [-0.15, -0.1) is 11.3 Å². The van der Waals surface area contributed by atoms with Crippen LogP contribution in [0.25, 0.3) is 21.8 Å². The van der Waals surface area contributed by atoms with Gasteiger partial charge in [-0.1, -0.05) is 6.07 Å². The number of nitriles is 1. The van der Waals surface area contributed by atoms with Crippen LogP contribution in [0, 0.1) is 30.5 Å². The van der Waals surface area contributed by atoms with Crippen molar-refractivity contribution in [2.45, 2.75) is 56.1 Å². The molecule has 0 radical (unpaired) electrons. The number of benzene rings is 1. The van der Waals surface area contributed by atoms with Crippen LogP contribution in [0.3, 0.4) is 0 Å². The maximum atomic E-state index is 13.3. The van der Waals surface area contributed by atoms with Crippen LogP contribution < -0.4 is 10.5 Å². The number of aryl methyl sites for hydroxylation is 2. The van der Waals surface area contributed by atoms with Gasteiger partial charge >= 0.3 is 12.1 Å². The molecule has 0 amide bonds. The zero-order valence-corrected chi connectivity index (χ0v) is 21.8. The number of aromatic nitrogens is 3. The summed E-state index contributed by atoms with van der Waals surface area (Å²) < 4.78 is 85.0. The Morgan fingerprint density at radius 3 is 2.51 bits per heavy atom. The van der Waals surface area contributed by atoms with Gasteiger partial charge in [-0.2, -0.15) is 18.4 Å². The van der Waals surface area contributed by atoms with Crippen LogP contribution in [0.5, 0.6) is 0 Å². The second-order valence-corrected chi connectivity index (χ2v) is 12.3. The van der Waals surface area contributed by atoms with Crippen molar-refractivity contribution in [2.24, 2.45) is 5.41 Å². The molecule has 0 atom stereocenters. The van der Waals surface area contributed by atoms with Crippen molar-refractivity contribution in [3.63, 3.8) is 0 Å². The van der Waals surface area contributed by atoms with E-state index >= 15 is 0 Å². The van der Waals surface area contributed by atoms with E-state index in [4.69, 9.17) is 19.7 Å². The van der Waals surface area contributed by atoms with Crippen LogP contribution >= 0.6 is 11.3 Å². The Balaban J connectivity index is 0.000000517. The number of anilines is 1. The number of nitrogens with one attached hydrogen (secondary N) is 1. The van der Waals surface area contributed by atoms with Crippen molar-refractivity contribution < 1.29 is 35.6 Å². The van der Waals surface area contributed by atoms with Gasteiger partial charge in [0.1, 0.15) is 5.69 Å². The molecule has 2 heterocycles. The number of sulfonamides is 1. The molecule has 206 valence electrons. The highest BCUT2D eigenvalue weighted by Gasteiger charge is 2.62. The minimum Gasteiger partial charge on any atom is -0.475 e. The van der Waals surface area contributed by atoms with Gasteiger partial charge in [0.25, 0.3) is 0 Å². The molecule has 3 saturated carbocycles. The number of fused-ring (bicyclic) bond motifs is 1. The summed E-state index contributed by atoms with van der Waals surface area (Å²) in [4.78, 5) is 22.4. The first-order valence-corrected chi connectivity index (χ1v) is 13.6. The number of nitrogens with zero attached hydrogens (tertiary/aromatic N) is 4. The lowest BCUT2D eigenvalue weighted by atomic mass is 9.66. The van der Waals surface area contributed by atoms with Crippen molar-refractivity contribution in [1.29, 1.82) is 5.26 Å². The lowest BCUT2D eigenvalue weighted by Crippen LogP contribution is -2.55. The Morgan fingerprint density at radius 2 is 1.97 bits per heavy atom. The molecule has 3 aliphatic rings. The number of rotatable bonds is 5.